The van der Waals surface area contributed by atoms with Crippen molar-refractivity contribution in [3.63, 3.8) is 0 Å². The first-order chi connectivity index (χ1) is 14.3. The molecule has 1 aliphatic rings. The van der Waals surface area contributed by atoms with Gasteiger partial charge in [-0.05, 0) is 24.3 Å². The minimum Gasteiger partial charge on any atom is -0.454 e. The van der Waals surface area contributed by atoms with Crippen LogP contribution < -0.4 is 20.1 Å². The first-order valence-corrected chi connectivity index (χ1v) is 8.90. The fourth-order valence-corrected chi connectivity index (χ4v) is 3.01. The summed E-state index contributed by atoms with van der Waals surface area (Å²) in [6, 6.07) is 14.9. The summed E-state index contributed by atoms with van der Waals surface area (Å²) < 4.78 is 10.6. The Morgan fingerprint density at radius 3 is 2.66 bits per heavy atom. The Morgan fingerprint density at radius 1 is 0.931 bits per heavy atom. The van der Waals surface area contributed by atoms with E-state index >= 15 is 0 Å². The van der Waals surface area contributed by atoms with Crippen molar-refractivity contribution in [2.24, 2.45) is 0 Å². The van der Waals surface area contributed by atoms with Crippen molar-refractivity contribution in [3.8, 4) is 11.5 Å². The summed E-state index contributed by atoms with van der Waals surface area (Å²) in [5.41, 5.74) is 2.55. The van der Waals surface area contributed by atoms with E-state index in [9.17, 15) is 4.79 Å². The van der Waals surface area contributed by atoms with Crippen molar-refractivity contribution in [1.82, 2.24) is 15.0 Å². The van der Waals surface area contributed by atoms with Gasteiger partial charge in [0.1, 0.15) is 0 Å². The molecule has 3 heterocycles. The number of para-hydroxylation sites is 1. The number of rotatable bonds is 4. The molecule has 0 bridgehead atoms. The van der Waals surface area contributed by atoms with E-state index in [1.165, 1.54) is 12.4 Å². The molecule has 0 spiro atoms. The zero-order valence-electron chi connectivity index (χ0n) is 15.1. The van der Waals surface area contributed by atoms with Gasteiger partial charge in [0.05, 0.1) is 16.8 Å². The number of nitrogens with zero attached hydrogens (tertiary/aromatic N) is 3. The van der Waals surface area contributed by atoms with Crippen LogP contribution in [-0.4, -0.2) is 27.7 Å². The molecule has 0 radical (unpaired) electrons. The zero-order chi connectivity index (χ0) is 19.6. The van der Waals surface area contributed by atoms with Crippen LogP contribution in [0, 0.1) is 0 Å². The third-order valence-corrected chi connectivity index (χ3v) is 4.42. The number of pyridine rings is 1. The number of carbonyl (C=O) groups is 1. The van der Waals surface area contributed by atoms with E-state index in [1.54, 1.807) is 24.4 Å². The second kappa shape index (κ2) is 7.08. The summed E-state index contributed by atoms with van der Waals surface area (Å²) >= 11 is 0. The maximum atomic E-state index is 12.5. The minimum absolute atomic E-state index is 0.182. The Kier molecular flexibility index (Phi) is 4.14. The summed E-state index contributed by atoms with van der Waals surface area (Å²) in [6.45, 7) is 0.182. The van der Waals surface area contributed by atoms with Crippen molar-refractivity contribution in [1.29, 1.82) is 0 Å². The predicted octanol–water partition coefficient (Wildman–Crippen LogP) is 3.75. The lowest BCUT2D eigenvalue weighted by atomic mass is 10.2. The lowest BCUT2D eigenvalue weighted by molar-refractivity contribution is 0.102. The van der Waals surface area contributed by atoms with Gasteiger partial charge in [0.2, 0.25) is 12.7 Å². The number of fused-ring (bicyclic) bond motifs is 2. The number of carbonyl (C=O) groups excluding carboxylic acids is 1. The van der Waals surface area contributed by atoms with Gasteiger partial charge in [-0.2, -0.15) is 0 Å². The molecule has 0 saturated heterocycles. The van der Waals surface area contributed by atoms with Gasteiger partial charge in [-0.3, -0.25) is 9.78 Å². The number of nitrogens with one attached hydrogen (secondary N) is 2. The topological polar surface area (TPSA) is 98.3 Å². The molecule has 0 fully saturated rings. The van der Waals surface area contributed by atoms with Crippen molar-refractivity contribution in [2.75, 3.05) is 17.4 Å². The van der Waals surface area contributed by atoms with Crippen LogP contribution in [0.4, 0.5) is 17.3 Å². The maximum absolute atomic E-state index is 12.5. The average molecular weight is 385 g/mol. The minimum atomic E-state index is -0.317. The first-order valence-electron chi connectivity index (χ1n) is 8.90. The molecule has 8 nitrogen and oxygen atoms in total. The Labute approximate surface area is 165 Å². The van der Waals surface area contributed by atoms with Crippen LogP contribution >= 0.6 is 0 Å². The largest absolute Gasteiger partial charge is 0.454 e. The van der Waals surface area contributed by atoms with Crippen LogP contribution in [0.5, 0.6) is 11.5 Å². The second-order valence-corrected chi connectivity index (χ2v) is 6.32. The van der Waals surface area contributed by atoms with Crippen LogP contribution in [0.1, 0.15) is 10.4 Å². The molecule has 2 N–H and O–H groups in total. The van der Waals surface area contributed by atoms with E-state index in [0.717, 1.165) is 16.6 Å². The number of ether oxygens (including phenoxy) is 2. The number of hydrogen-bond donors (Lipinski definition) is 2. The van der Waals surface area contributed by atoms with Crippen molar-refractivity contribution >= 4 is 34.1 Å². The van der Waals surface area contributed by atoms with Crippen LogP contribution in [0.15, 0.2) is 67.1 Å². The van der Waals surface area contributed by atoms with E-state index < -0.39 is 0 Å². The van der Waals surface area contributed by atoms with Gasteiger partial charge >= 0.3 is 0 Å². The van der Waals surface area contributed by atoms with Crippen LogP contribution in [-0.2, 0) is 0 Å². The molecule has 0 aliphatic carbocycles. The molecule has 0 saturated carbocycles. The second-order valence-electron chi connectivity index (χ2n) is 6.32. The standard InChI is InChI=1S/C21H15N5O3/c27-20(25-15-6-7-17-18(9-15)29-12-28-17)14-10-23-21(24-11-14)26-16-5-1-3-13-4-2-8-22-19(13)16/h1-11H,12H2,(H,25,27)(H,23,24,26). The monoisotopic (exact) mass is 385 g/mol. The molecule has 5 rings (SSSR count). The SMILES string of the molecule is O=C(Nc1ccc2c(c1)OCO2)c1cnc(Nc2cccc3cccnc23)nc1. The van der Waals surface area contributed by atoms with E-state index in [0.29, 0.717) is 28.7 Å². The van der Waals surface area contributed by atoms with E-state index in [2.05, 4.69) is 25.6 Å². The Balaban J connectivity index is 1.31. The summed E-state index contributed by atoms with van der Waals surface area (Å²) in [5, 5.41) is 6.95. The number of benzene rings is 2. The normalized spacial score (nSPS) is 12.0. The van der Waals surface area contributed by atoms with Gasteiger partial charge in [-0.15, -0.1) is 0 Å². The number of hydrogen-bond acceptors (Lipinski definition) is 7. The lowest BCUT2D eigenvalue weighted by Gasteiger charge is -2.09. The van der Waals surface area contributed by atoms with E-state index in [1.807, 2.05) is 30.3 Å². The summed E-state index contributed by atoms with van der Waals surface area (Å²) in [5.74, 6) is 1.32. The fourth-order valence-electron chi connectivity index (χ4n) is 3.01. The molecule has 1 aliphatic heterocycles. The Hall–Kier alpha value is -4.20. The van der Waals surface area contributed by atoms with Gasteiger partial charge < -0.3 is 20.1 Å². The van der Waals surface area contributed by atoms with Crippen molar-refractivity contribution < 1.29 is 14.3 Å². The molecular formula is C21H15N5O3. The molecule has 4 aromatic rings. The number of amides is 1. The highest BCUT2D eigenvalue weighted by Crippen LogP contribution is 2.34. The zero-order valence-corrected chi connectivity index (χ0v) is 15.1. The molecule has 2 aromatic heterocycles. The smallest absolute Gasteiger partial charge is 0.258 e. The molecule has 0 unspecified atom stereocenters. The third-order valence-electron chi connectivity index (χ3n) is 4.42. The summed E-state index contributed by atoms with van der Waals surface area (Å²) in [4.78, 5) is 25.4. The van der Waals surface area contributed by atoms with Crippen molar-refractivity contribution in [3.05, 3.63) is 72.7 Å². The number of anilines is 3. The Morgan fingerprint density at radius 2 is 1.76 bits per heavy atom. The highest BCUT2D eigenvalue weighted by Gasteiger charge is 2.15. The van der Waals surface area contributed by atoms with Crippen LogP contribution in [0.2, 0.25) is 0 Å². The van der Waals surface area contributed by atoms with Gasteiger partial charge in [-0.25, -0.2) is 9.97 Å². The average Bonchev–Trinajstić information content (AvgIpc) is 3.22. The van der Waals surface area contributed by atoms with E-state index in [4.69, 9.17) is 9.47 Å². The lowest BCUT2D eigenvalue weighted by Crippen LogP contribution is -2.13. The van der Waals surface area contributed by atoms with Gasteiger partial charge in [0, 0.05) is 35.7 Å². The van der Waals surface area contributed by atoms with E-state index in [-0.39, 0.29) is 12.7 Å². The highest BCUT2D eigenvalue weighted by atomic mass is 16.7. The fraction of sp³-hybridized carbons (Fsp3) is 0.0476. The molecule has 142 valence electrons. The van der Waals surface area contributed by atoms with Gasteiger partial charge in [0.25, 0.3) is 5.91 Å². The maximum Gasteiger partial charge on any atom is 0.258 e. The first kappa shape index (κ1) is 16.9. The molecule has 0 atom stereocenters. The van der Waals surface area contributed by atoms with Gasteiger partial charge in [-0.1, -0.05) is 18.2 Å². The molecule has 2 aromatic carbocycles. The third kappa shape index (κ3) is 3.39. The summed E-state index contributed by atoms with van der Waals surface area (Å²) in [6.07, 6.45) is 4.67. The Bertz CT molecular complexity index is 1210. The van der Waals surface area contributed by atoms with Crippen LogP contribution in [0.25, 0.3) is 10.9 Å². The van der Waals surface area contributed by atoms with Crippen LogP contribution in [0.3, 0.4) is 0 Å². The van der Waals surface area contributed by atoms with Crippen molar-refractivity contribution in [2.45, 2.75) is 0 Å². The summed E-state index contributed by atoms with van der Waals surface area (Å²) in [7, 11) is 0. The molecule has 29 heavy (non-hydrogen) atoms. The predicted molar refractivity (Wildman–Crippen MR) is 108 cm³/mol. The highest BCUT2D eigenvalue weighted by molar-refractivity contribution is 6.04. The molecular weight excluding hydrogens is 370 g/mol. The quantitative estimate of drug-likeness (QED) is 0.552. The molecule has 8 heteroatoms. The van der Waals surface area contributed by atoms with Gasteiger partial charge in [0.15, 0.2) is 11.5 Å². The molecule has 1 amide bonds. The number of aromatic nitrogens is 3.